The van der Waals surface area contributed by atoms with Crippen LogP contribution in [0.15, 0.2) is 24.3 Å². The maximum Gasteiger partial charge on any atom is 0.332 e. The Morgan fingerprint density at radius 2 is 1.95 bits per heavy atom. The Hall–Kier alpha value is -2.24. The molecule has 0 saturated carbocycles. The number of Topliss-reactive ketones (excluding diaryl/α,β-unsaturated/α-hetero) is 1. The Morgan fingerprint density at radius 3 is 2.50 bits per heavy atom. The van der Waals surface area contributed by atoms with Gasteiger partial charge in [-0.05, 0) is 38.1 Å². The third-order valence-electron chi connectivity index (χ3n) is 3.24. The molecule has 1 aromatic rings. The van der Waals surface area contributed by atoms with E-state index in [1.807, 2.05) is 0 Å². The normalized spacial score (nSPS) is 22.2. The standard InChI is InChI=1S/C14H14FNO4/c1-3-20-13(19)14(2)8-11(17)12(18)16(14)10-6-4-9(15)5-7-10/h4-7H,3,8H2,1-2H3. The molecule has 0 aliphatic carbocycles. The van der Waals surface area contributed by atoms with Crippen LogP contribution in [-0.2, 0) is 19.1 Å². The smallest absolute Gasteiger partial charge is 0.332 e. The van der Waals surface area contributed by atoms with E-state index in [2.05, 4.69) is 0 Å². The van der Waals surface area contributed by atoms with Crippen molar-refractivity contribution in [3.05, 3.63) is 30.1 Å². The van der Waals surface area contributed by atoms with Gasteiger partial charge in [-0.15, -0.1) is 0 Å². The first-order valence-corrected chi connectivity index (χ1v) is 6.20. The molecule has 0 spiro atoms. The first-order chi connectivity index (χ1) is 9.40. The van der Waals surface area contributed by atoms with Crippen LogP contribution in [0, 0.1) is 5.82 Å². The third kappa shape index (κ3) is 2.17. The Morgan fingerprint density at radius 1 is 1.35 bits per heavy atom. The number of amides is 1. The summed E-state index contributed by atoms with van der Waals surface area (Å²) in [6.07, 6.45) is -0.248. The molecule has 0 bridgehead atoms. The first kappa shape index (κ1) is 14.2. The number of nitrogens with zero attached hydrogens (tertiary/aromatic N) is 1. The van der Waals surface area contributed by atoms with Gasteiger partial charge in [-0.2, -0.15) is 0 Å². The second-order valence-electron chi connectivity index (χ2n) is 4.71. The molecule has 20 heavy (non-hydrogen) atoms. The molecule has 1 amide bonds. The van der Waals surface area contributed by atoms with Crippen LogP contribution in [0.4, 0.5) is 10.1 Å². The molecular formula is C14H14FNO4. The highest BCUT2D eigenvalue weighted by molar-refractivity contribution is 6.46. The largest absolute Gasteiger partial charge is 0.464 e. The lowest BCUT2D eigenvalue weighted by atomic mass is 9.98. The maximum absolute atomic E-state index is 13.0. The van der Waals surface area contributed by atoms with Gasteiger partial charge in [0.05, 0.1) is 13.0 Å². The van der Waals surface area contributed by atoms with Crippen LogP contribution in [0.1, 0.15) is 20.3 Å². The number of rotatable bonds is 3. The molecule has 2 rings (SSSR count). The number of benzene rings is 1. The Labute approximate surface area is 115 Å². The van der Waals surface area contributed by atoms with Gasteiger partial charge in [-0.1, -0.05) is 0 Å². The fourth-order valence-corrected chi connectivity index (χ4v) is 2.26. The van der Waals surface area contributed by atoms with Crippen LogP contribution >= 0.6 is 0 Å². The second-order valence-corrected chi connectivity index (χ2v) is 4.71. The molecule has 0 N–H and O–H groups in total. The van der Waals surface area contributed by atoms with Crippen molar-refractivity contribution in [3.8, 4) is 0 Å². The first-order valence-electron chi connectivity index (χ1n) is 6.20. The van der Waals surface area contributed by atoms with E-state index < -0.39 is 29.0 Å². The topological polar surface area (TPSA) is 63.7 Å². The molecule has 0 radical (unpaired) electrons. The fourth-order valence-electron chi connectivity index (χ4n) is 2.26. The summed E-state index contributed by atoms with van der Waals surface area (Å²) in [6.45, 7) is 3.26. The highest BCUT2D eigenvalue weighted by atomic mass is 19.1. The molecule has 1 aromatic carbocycles. The minimum Gasteiger partial charge on any atom is -0.464 e. The Balaban J connectivity index is 2.45. The van der Waals surface area contributed by atoms with Gasteiger partial charge >= 0.3 is 5.97 Å². The van der Waals surface area contributed by atoms with Gasteiger partial charge in [0, 0.05) is 5.69 Å². The zero-order valence-corrected chi connectivity index (χ0v) is 11.2. The summed E-state index contributed by atoms with van der Waals surface area (Å²) >= 11 is 0. The zero-order valence-electron chi connectivity index (χ0n) is 11.2. The molecule has 0 aromatic heterocycles. The summed E-state index contributed by atoms with van der Waals surface area (Å²) in [4.78, 5) is 36.8. The van der Waals surface area contributed by atoms with Crippen molar-refractivity contribution in [2.75, 3.05) is 11.5 Å². The lowest BCUT2D eigenvalue weighted by Crippen LogP contribution is -2.50. The van der Waals surface area contributed by atoms with Gasteiger partial charge in [-0.3, -0.25) is 14.5 Å². The average molecular weight is 279 g/mol. The maximum atomic E-state index is 13.0. The zero-order chi connectivity index (χ0) is 14.9. The summed E-state index contributed by atoms with van der Waals surface area (Å²) in [7, 11) is 0. The molecule has 6 heteroatoms. The monoisotopic (exact) mass is 279 g/mol. The SMILES string of the molecule is CCOC(=O)C1(C)CC(=O)C(=O)N1c1ccc(F)cc1. The number of esters is 1. The van der Waals surface area contributed by atoms with Gasteiger partial charge < -0.3 is 4.74 Å². The van der Waals surface area contributed by atoms with Crippen LogP contribution in [-0.4, -0.2) is 29.8 Å². The van der Waals surface area contributed by atoms with Crippen LogP contribution in [0.5, 0.6) is 0 Å². The molecule has 5 nitrogen and oxygen atoms in total. The summed E-state index contributed by atoms with van der Waals surface area (Å²) in [5.41, 5.74) is -1.10. The molecule has 1 heterocycles. The summed E-state index contributed by atoms with van der Waals surface area (Å²) in [5.74, 6) is -2.56. The molecular weight excluding hydrogens is 265 g/mol. The number of anilines is 1. The van der Waals surface area contributed by atoms with E-state index in [0.29, 0.717) is 0 Å². The molecule has 1 fully saturated rings. The van der Waals surface area contributed by atoms with E-state index in [9.17, 15) is 18.8 Å². The number of carbonyl (C=O) groups is 3. The predicted molar refractivity (Wildman–Crippen MR) is 68.5 cm³/mol. The van der Waals surface area contributed by atoms with Crippen molar-refractivity contribution >= 4 is 23.3 Å². The van der Waals surface area contributed by atoms with E-state index in [1.54, 1.807) is 6.92 Å². The van der Waals surface area contributed by atoms with Crippen LogP contribution < -0.4 is 4.90 Å². The number of hydrogen-bond acceptors (Lipinski definition) is 4. The minimum atomic E-state index is -1.39. The van der Waals surface area contributed by atoms with Gasteiger partial charge in [0.25, 0.3) is 5.91 Å². The quantitative estimate of drug-likeness (QED) is 0.620. The van der Waals surface area contributed by atoms with Crippen molar-refractivity contribution in [3.63, 3.8) is 0 Å². The third-order valence-corrected chi connectivity index (χ3v) is 3.24. The van der Waals surface area contributed by atoms with Crippen molar-refractivity contribution in [1.82, 2.24) is 0 Å². The Kier molecular flexibility index (Phi) is 3.57. The van der Waals surface area contributed by atoms with Gasteiger partial charge in [0.1, 0.15) is 11.4 Å². The van der Waals surface area contributed by atoms with Crippen molar-refractivity contribution in [1.29, 1.82) is 0 Å². The van der Waals surface area contributed by atoms with E-state index in [0.717, 1.165) is 17.0 Å². The van der Waals surface area contributed by atoms with Crippen LogP contribution in [0.2, 0.25) is 0 Å². The number of carbonyl (C=O) groups excluding carboxylic acids is 3. The average Bonchev–Trinajstić information content (AvgIpc) is 2.63. The molecule has 1 atom stereocenters. The van der Waals surface area contributed by atoms with Gasteiger partial charge in [0.2, 0.25) is 5.78 Å². The highest BCUT2D eigenvalue weighted by Gasteiger charge is 2.54. The Bertz CT molecular complexity index is 569. The van der Waals surface area contributed by atoms with Gasteiger partial charge in [-0.25, -0.2) is 9.18 Å². The summed E-state index contributed by atoms with van der Waals surface area (Å²) in [6, 6.07) is 5.03. The molecule has 106 valence electrons. The van der Waals surface area contributed by atoms with Crippen LogP contribution in [0.25, 0.3) is 0 Å². The fraction of sp³-hybridized carbons (Fsp3) is 0.357. The van der Waals surface area contributed by atoms with Gasteiger partial charge in [0.15, 0.2) is 0 Å². The number of ketones is 1. The number of ether oxygens (including phenoxy) is 1. The number of hydrogen-bond donors (Lipinski definition) is 0. The summed E-state index contributed by atoms with van der Waals surface area (Å²) in [5, 5.41) is 0. The highest BCUT2D eigenvalue weighted by Crippen LogP contribution is 2.34. The minimum absolute atomic E-state index is 0.147. The lowest BCUT2D eigenvalue weighted by Gasteiger charge is -2.31. The predicted octanol–water partition coefficient (Wildman–Crippen LogP) is 1.45. The van der Waals surface area contributed by atoms with E-state index in [1.165, 1.54) is 19.1 Å². The van der Waals surface area contributed by atoms with E-state index in [4.69, 9.17) is 4.74 Å². The van der Waals surface area contributed by atoms with Crippen molar-refractivity contribution in [2.45, 2.75) is 25.8 Å². The second kappa shape index (κ2) is 5.03. The molecule has 1 saturated heterocycles. The van der Waals surface area contributed by atoms with E-state index >= 15 is 0 Å². The molecule has 1 unspecified atom stereocenters. The van der Waals surface area contributed by atoms with E-state index in [-0.39, 0.29) is 18.7 Å². The van der Waals surface area contributed by atoms with Crippen LogP contribution in [0.3, 0.4) is 0 Å². The lowest BCUT2D eigenvalue weighted by molar-refractivity contribution is -0.149. The van der Waals surface area contributed by atoms with Crippen molar-refractivity contribution < 1.29 is 23.5 Å². The summed E-state index contributed by atoms with van der Waals surface area (Å²) < 4.78 is 17.9. The number of halogens is 1. The molecule has 1 aliphatic rings. The van der Waals surface area contributed by atoms with Crippen molar-refractivity contribution in [2.24, 2.45) is 0 Å². The molecule has 1 aliphatic heterocycles.